The Balaban J connectivity index is 1.81. The zero-order valence-electron chi connectivity index (χ0n) is 17.4. The third kappa shape index (κ3) is 4.18. The van der Waals surface area contributed by atoms with Gasteiger partial charge in [0, 0.05) is 19.1 Å². The van der Waals surface area contributed by atoms with Gasteiger partial charge in [-0.3, -0.25) is 9.10 Å². The molecule has 0 spiro atoms. The molecule has 0 aromatic heterocycles. The summed E-state index contributed by atoms with van der Waals surface area (Å²) < 4.78 is 33.2. The second kappa shape index (κ2) is 8.87. The first kappa shape index (κ1) is 21.8. The number of fused-ring (bicyclic) bond motifs is 1. The highest BCUT2D eigenvalue weighted by molar-refractivity contribution is 7.92. The molecule has 0 bridgehead atoms. The van der Waals surface area contributed by atoms with Crippen molar-refractivity contribution >= 4 is 27.6 Å². The van der Waals surface area contributed by atoms with E-state index < -0.39 is 16.0 Å². The summed E-state index contributed by atoms with van der Waals surface area (Å²) in [7, 11) is -3.86. The summed E-state index contributed by atoms with van der Waals surface area (Å²) >= 11 is 0. The van der Waals surface area contributed by atoms with Crippen molar-refractivity contribution < 1.29 is 22.7 Å². The van der Waals surface area contributed by atoms with Gasteiger partial charge in [0.15, 0.2) is 6.61 Å². The first-order chi connectivity index (χ1) is 14.3. The Morgan fingerprint density at radius 1 is 1.10 bits per heavy atom. The number of rotatable bonds is 7. The van der Waals surface area contributed by atoms with Crippen LogP contribution in [0.2, 0.25) is 0 Å². The number of carbonyl (C=O) groups is 2. The minimum atomic E-state index is -3.86. The molecule has 0 saturated heterocycles. The van der Waals surface area contributed by atoms with E-state index in [0.29, 0.717) is 25.2 Å². The number of amides is 1. The highest BCUT2D eigenvalue weighted by Crippen LogP contribution is 2.36. The molecule has 0 N–H and O–H groups in total. The maximum absolute atomic E-state index is 13.3. The number of likely N-dealkylation sites (N-methyl/N-ethyl adjacent to an activating group) is 1. The van der Waals surface area contributed by atoms with Crippen LogP contribution < -0.4 is 4.31 Å². The number of nitrogens with zero attached hydrogens (tertiary/aromatic N) is 2. The van der Waals surface area contributed by atoms with Crippen molar-refractivity contribution in [2.45, 2.75) is 38.1 Å². The molecule has 1 heterocycles. The van der Waals surface area contributed by atoms with E-state index in [0.717, 1.165) is 5.56 Å². The average Bonchev–Trinajstić information content (AvgIpc) is 3.09. The van der Waals surface area contributed by atoms with Crippen LogP contribution in [0.25, 0.3) is 0 Å². The van der Waals surface area contributed by atoms with Gasteiger partial charge in [-0.05, 0) is 57.0 Å². The number of carbonyl (C=O) groups excluding carboxylic acids is 2. The van der Waals surface area contributed by atoms with Crippen LogP contribution in [0.4, 0.5) is 5.69 Å². The lowest BCUT2D eigenvalue weighted by Crippen LogP contribution is -2.36. The average molecular weight is 431 g/mol. The molecule has 2 aromatic rings. The minimum absolute atomic E-state index is 0.00979. The normalized spacial score (nSPS) is 15.6. The summed E-state index contributed by atoms with van der Waals surface area (Å²) in [6.07, 6.45) is 0.630. The fourth-order valence-electron chi connectivity index (χ4n) is 3.68. The maximum Gasteiger partial charge on any atom is 0.338 e. The van der Waals surface area contributed by atoms with Crippen LogP contribution in [-0.2, 0) is 26.0 Å². The summed E-state index contributed by atoms with van der Waals surface area (Å²) in [5.74, 6) is -1.03. The van der Waals surface area contributed by atoms with Gasteiger partial charge in [-0.25, -0.2) is 13.2 Å². The van der Waals surface area contributed by atoms with E-state index in [1.54, 1.807) is 17.0 Å². The Bertz CT molecular complexity index is 1050. The van der Waals surface area contributed by atoms with Gasteiger partial charge in [-0.2, -0.15) is 0 Å². The van der Waals surface area contributed by atoms with Crippen LogP contribution in [0.3, 0.4) is 0 Å². The highest BCUT2D eigenvalue weighted by atomic mass is 32.2. The third-order valence-corrected chi connectivity index (χ3v) is 7.14. The number of anilines is 1. The Morgan fingerprint density at radius 2 is 1.80 bits per heavy atom. The number of hydrogen-bond donors (Lipinski definition) is 0. The van der Waals surface area contributed by atoms with Crippen LogP contribution in [0, 0.1) is 0 Å². The Hall–Kier alpha value is -2.87. The minimum Gasteiger partial charge on any atom is -0.452 e. The maximum atomic E-state index is 13.3. The first-order valence-corrected chi connectivity index (χ1v) is 11.4. The molecule has 0 radical (unpaired) electrons. The number of hydrogen-bond acceptors (Lipinski definition) is 5. The molecule has 8 heteroatoms. The molecule has 0 fully saturated rings. The Labute approximate surface area is 177 Å². The van der Waals surface area contributed by atoms with Gasteiger partial charge in [0.05, 0.1) is 16.1 Å². The number of sulfonamides is 1. The molecule has 30 heavy (non-hydrogen) atoms. The van der Waals surface area contributed by atoms with Crippen LogP contribution in [-0.4, -0.2) is 50.9 Å². The number of esters is 1. The zero-order valence-corrected chi connectivity index (χ0v) is 18.2. The van der Waals surface area contributed by atoms with Gasteiger partial charge in [0.25, 0.3) is 15.9 Å². The molecule has 7 nitrogen and oxygen atoms in total. The molecule has 0 saturated carbocycles. The largest absolute Gasteiger partial charge is 0.452 e. The number of ether oxygens (including phenoxy) is 1. The summed E-state index contributed by atoms with van der Waals surface area (Å²) in [5.41, 5.74) is 1.71. The summed E-state index contributed by atoms with van der Waals surface area (Å²) in [5, 5.41) is 0. The first-order valence-electron chi connectivity index (χ1n) is 9.96. The molecule has 2 aromatic carbocycles. The second-order valence-corrected chi connectivity index (χ2v) is 8.97. The predicted octanol–water partition coefficient (Wildman–Crippen LogP) is 2.85. The smallest absolute Gasteiger partial charge is 0.338 e. The molecule has 1 amide bonds. The van der Waals surface area contributed by atoms with Crippen molar-refractivity contribution in [3.63, 3.8) is 0 Å². The van der Waals surface area contributed by atoms with Crippen LogP contribution >= 0.6 is 0 Å². The quantitative estimate of drug-likeness (QED) is 0.631. The van der Waals surface area contributed by atoms with Crippen LogP contribution in [0.5, 0.6) is 0 Å². The second-order valence-electron chi connectivity index (χ2n) is 7.15. The van der Waals surface area contributed by atoms with Crippen molar-refractivity contribution in [1.82, 2.24) is 4.90 Å². The van der Waals surface area contributed by atoms with Crippen molar-refractivity contribution in [2.24, 2.45) is 0 Å². The molecule has 1 unspecified atom stereocenters. The van der Waals surface area contributed by atoms with Crippen LogP contribution in [0.15, 0.2) is 53.4 Å². The van der Waals surface area contributed by atoms with Crippen molar-refractivity contribution in [3.8, 4) is 0 Å². The Morgan fingerprint density at radius 3 is 2.50 bits per heavy atom. The van der Waals surface area contributed by atoms with Gasteiger partial charge in [-0.1, -0.05) is 24.3 Å². The summed E-state index contributed by atoms with van der Waals surface area (Å²) in [6, 6.07) is 12.9. The topological polar surface area (TPSA) is 84.0 Å². The lowest BCUT2D eigenvalue weighted by atomic mass is 10.1. The highest BCUT2D eigenvalue weighted by Gasteiger charge is 2.36. The Kier molecular flexibility index (Phi) is 6.45. The van der Waals surface area contributed by atoms with Crippen molar-refractivity contribution in [3.05, 3.63) is 59.7 Å². The predicted molar refractivity (Wildman–Crippen MR) is 114 cm³/mol. The van der Waals surface area contributed by atoms with E-state index in [9.17, 15) is 18.0 Å². The van der Waals surface area contributed by atoms with E-state index in [4.69, 9.17) is 4.74 Å². The van der Waals surface area contributed by atoms with E-state index in [2.05, 4.69) is 0 Å². The van der Waals surface area contributed by atoms with E-state index >= 15 is 0 Å². The monoisotopic (exact) mass is 430 g/mol. The fourth-order valence-corrected chi connectivity index (χ4v) is 5.42. The van der Waals surface area contributed by atoms with Crippen molar-refractivity contribution in [2.75, 3.05) is 24.0 Å². The van der Waals surface area contributed by atoms with E-state index in [-0.39, 0.29) is 29.0 Å². The van der Waals surface area contributed by atoms with Crippen LogP contribution in [0.1, 0.15) is 36.7 Å². The van der Waals surface area contributed by atoms with E-state index in [1.807, 2.05) is 32.9 Å². The summed E-state index contributed by atoms with van der Waals surface area (Å²) in [4.78, 5) is 26.0. The third-order valence-electron chi connectivity index (χ3n) is 5.21. The zero-order chi connectivity index (χ0) is 21.9. The standard InChI is InChI=1S/C22H26N2O5S/c1-4-23(5-2)21(25)15-29-22(26)18-10-8-11-19(14-18)30(27,28)24-16(3)13-17-9-6-7-12-20(17)24/h6-12,14,16H,4-5,13,15H2,1-3H3. The van der Waals surface area contributed by atoms with Gasteiger partial charge < -0.3 is 9.64 Å². The van der Waals surface area contributed by atoms with Gasteiger partial charge >= 0.3 is 5.97 Å². The van der Waals surface area contributed by atoms with Gasteiger partial charge in [0.1, 0.15) is 0 Å². The SMILES string of the molecule is CCN(CC)C(=O)COC(=O)c1cccc(S(=O)(=O)N2c3ccccc3CC2C)c1. The lowest BCUT2D eigenvalue weighted by molar-refractivity contribution is -0.134. The molecule has 160 valence electrons. The van der Waals surface area contributed by atoms with Gasteiger partial charge in [-0.15, -0.1) is 0 Å². The fraction of sp³-hybridized carbons (Fsp3) is 0.364. The van der Waals surface area contributed by atoms with E-state index in [1.165, 1.54) is 28.6 Å². The van der Waals surface area contributed by atoms with Crippen molar-refractivity contribution in [1.29, 1.82) is 0 Å². The molecule has 0 aliphatic carbocycles. The molecular weight excluding hydrogens is 404 g/mol. The molecule has 1 atom stereocenters. The molecule has 1 aliphatic heterocycles. The number of para-hydroxylation sites is 1. The number of benzene rings is 2. The molecule has 3 rings (SSSR count). The summed E-state index contributed by atoms with van der Waals surface area (Å²) in [6.45, 7) is 6.21. The lowest BCUT2D eigenvalue weighted by Gasteiger charge is -2.24. The molecular formula is C22H26N2O5S. The van der Waals surface area contributed by atoms with Gasteiger partial charge in [0.2, 0.25) is 0 Å². The molecule has 1 aliphatic rings.